The summed E-state index contributed by atoms with van der Waals surface area (Å²) in [7, 11) is 2.15. The maximum Gasteiger partial charge on any atom is 0.0591 e. The molecule has 1 aromatic carbocycles. The Bertz CT molecular complexity index is 502. The van der Waals surface area contributed by atoms with E-state index in [-0.39, 0.29) is 12.1 Å². The minimum Gasteiger partial charge on any atom is -0.326 e. The predicted molar refractivity (Wildman–Crippen MR) is 88.0 cm³/mol. The van der Waals surface area contributed by atoms with Crippen molar-refractivity contribution in [2.24, 2.45) is 5.73 Å². The van der Waals surface area contributed by atoms with Gasteiger partial charge < -0.3 is 5.73 Å². The summed E-state index contributed by atoms with van der Waals surface area (Å²) in [5.74, 6) is 0. The highest BCUT2D eigenvalue weighted by molar-refractivity contribution is 7.10. The average molecular weight is 288 g/mol. The first-order valence-electron chi connectivity index (χ1n) is 7.19. The van der Waals surface area contributed by atoms with Crippen molar-refractivity contribution in [1.29, 1.82) is 0 Å². The fourth-order valence-electron chi connectivity index (χ4n) is 2.60. The summed E-state index contributed by atoms with van der Waals surface area (Å²) in [6.45, 7) is 5.19. The molecule has 0 saturated carbocycles. The van der Waals surface area contributed by atoms with Gasteiger partial charge in [-0.3, -0.25) is 4.90 Å². The highest BCUT2D eigenvalue weighted by Gasteiger charge is 2.22. The molecule has 2 N–H and O–H groups in total. The van der Waals surface area contributed by atoms with Crippen molar-refractivity contribution >= 4 is 11.3 Å². The smallest absolute Gasteiger partial charge is 0.0591 e. The van der Waals surface area contributed by atoms with Crippen molar-refractivity contribution in [3.63, 3.8) is 0 Å². The maximum atomic E-state index is 6.19. The first-order chi connectivity index (χ1) is 9.61. The lowest BCUT2D eigenvalue weighted by Gasteiger charge is -2.30. The van der Waals surface area contributed by atoms with Crippen molar-refractivity contribution in [1.82, 2.24) is 4.90 Å². The lowest BCUT2D eigenvalue weighted by Crippen LogP contribution is -2.36. The van der Waals surface area contributed by atoms with Gasteiger partial charge in [0.1, 0.15) is 0 Å². The van der Waals surface area contributed by atoms with Gasteiger partial charge in [-0.1, -0.05) is 37.3 Å². The minimum atomic E-state index is 0.119. The number of hydrogen-bond donors (Lipinski definition) is 1. The second kappa shape index (κ2) is 7.02. The van der Waals surface area contributed by atoms with Gasteiger partial charge in [0.25, 0.3) is 0 Å². The summed E-state index contributed by atoms with van der Waals surface area (Å²) in [4.78, 5) is 3.69. The van der Waals surface area contributed by atoms with Gasteiger partial charge in [0.05, 0.1) is 6.04 Å². The molecule has 1 heterocycles. The molecular weight excluding hydrogens is 264 g/mol. The number of rotatable bonds is 6. The molecule has 0 spiro atoms. The summed E-state index contributed by atoms with van der Waals surface area (Å²) in [5, 5.41) is 2.12. The van der Waals surface area contributed by atoms with Crippen LogP contribution in [0.2, 0.25) is 0 Å². The number of thiophene rings is 1. The highest BCUT2D eigenvalue weighted by Crippen LogP contribution is 2.27. The first-order valence-corrected chi connectivity index (χ1v) is 8.06. The molecule has 20 heavy (non-hydrogen) atoms. The zero-order valence-corrected chi connectivity index (χ0v) is 13.4. The monoisotopic (exact) mass is 288 g/mol. The van der Waals surface area contributed by atoms with Crippen LogP contribution in [0.1, 0.15) is 35.9 Å². The molecule has 0 radical (unpaired) electrons. The van der Waals surface area contributed by atoms with Crippen LogP contribution in [-0.4, -0.2) is 18.0 Å². The van der Waals surface area contributed by atoms with Crippen LogP contribution in [0.25, 0.3) is 0 Å². The summed E-state index contributed by atoms with van der Waals surface area (Å²) >= 11 is 1.78. The molecule has 2 aromatic rings. The highest BCUT2D eigenvalue weighted by atomic mass is 32.1. The van der Waals surface area contributed by atoms with E-state index < -0.39 is 0 Å². The third-order valence-electron chi connectivity index (χ3n) is 3.67. The van der Waals surface area contributed by atoms with Gasteiger partial charge in [-0.25, -0.2) is 0 Å². The molecule has 0 amide bonds. The van der Waals surface area contributed by atoms with Crippen molar-refractivity contribution in [2.45, 2.75) is 38.9 Å². The normalized spacial score (nSPS) is 14.4. The van der Waals surface area contributed by atoms with Gasteiger partial charge in [0.2, 0.25) is 0 Å². The molecule has 1 aromatic heterocycles. The molecule has 0 aliphatic carbocycles. The van der Waals surface area contributed by atoms with E-state index in [2.05, 4.69) is 67.6 Å². The number of benzene rings is 1. The zero-order valence-electron chi connectivity index (χ0n) is 12.5. The molecule has 3 heteroatoms. The Balaban J connectivity index is 2.10. The van der Waals surface area contributed by atoms with Crippen LogP contribution in [-0.2, 0) is 13.0 Å². The van der Waals surface area contributed by atoms with E-state index in [4.69, 9.17) is 5.73 Å². The van der Waals surface area contributed by atoms with E-state index in [1.165, 1.54) is 16.0 Å². The Labute approximate surface area is 126 Å². The van der Waals surface area contributed by atoms with Gasteiger partial charge in [0.15, 0.2) is 0 Å². The van der Waals surface area contributed by atoms with Crippen molar-refractivity contribution < 1.29 is 0 Å². The Morgan fingerprint density at radius 1 is 1.15 bits per heavy atom. The minimum absolute atomic E-state index is 0.119. The van der Waals surface area contributed by atoms with Crippen molar-refractivity contribution in [2.75, 3.05) is 7.05 Å². The van der Waals surface area contributed by atoms with Gasteiger partial charge in [-0.2, -0.15) is 0 Å². The van der Waals surface area contributed by atoms with Crippen LogP contribution in [0.5, 0.6) is 0 Å². The third-order valence-corrected chi connectivity index (χ3v) is 4.61. The van der Waals surface area contributed by atoms with Gasteiger partial charge in [0, 0.05) is 17.5 Å². The van der Waals surface area contributed by atoms with Gasteiger partial charge >= 0.3 is 0 Å². The van der Waals surface area contributed by atoms with E-state index in [1.54, 1.807) is 11.3 Å². The van der Waals surface area contributed by atoms with E-state index in [0.29, 0.717) is 0 Å². The third kappa shape index (κ3) is 3.69. The average Bonchev–Trinajstić information content (AvgIpc) is 2.93. The topological polar surface area (TPSA) is 29.3 Å². The lowest BCUT2D eigenvalue weighted by atomic mass is 10.1. The fourth-order valence-corrected chi connectivity index (χ4v) is 3.61. The molecule has 0 bridgehead atoms. The SMILES string of the molecule is CCc1ccc(CN(C)C(c2cccs2)C(C)N)cc1. The summed E-state index contributed by atoms with van der Waals surface area (Å²) < 4.78 is 0. The van der Waals surface area contributed by atoms with Gasteiger partial charge in [-0.05, 0) is 43.0 Å². The quantitative estimate of drug-likeness (QED) is 0.875. The Hall–Kier alpha value is -1.16. The van der Waals surface area contributed by atoms with Crippen LogP contribution in [0.4, 0.5) is 0 Å². The fraction of sp³-hybridized carbons (Fsp3) is 0.412. The first kappa shape index (κ1) is 15.2. The van der Waals surface area contributed by atoms with Crippen LogP contribution >= 0.6 is 11.3 Å². The van der Waals surface area contributed by atoms with E-state index >= 15 is 0 Å². The largest absolute Gasteiger partial charge is 0.326 e. The second-order valence-electron chi connectivity index (χ2n) is 5.40. The molecule has 2 rings (SSSR count). The molecule has 0 fully saturated rings. The van der Waals surface area contributed by atoms with Gasteiger partial charge in [-0.15, -0.1) is 11.3 Å². The molecule has 108 valence electrons. The number of nitrogens with zero attached hydrogens (tertiary/aromatic N) is 1. The van der Waals surface area contributed by atoms with Crippen LogP contribution in [0, 0.1) is 0 Å². The number of nitrogens with two attached hydrogens (primary N) is 1. The Kier molecular flexibility index (Phi) is 5.35. The summed E-state index contributed by atoms with van der Waals surface area (Å²) in [5.41, 5.74) is 8.92. The summed E-state index contributed by atoms with van der Waals surface area (Å²) in [6, 6.07) is 13.6. The Morgan fingerprint density at radius 2 is 1.80 bits per heavy atom. The van der Waals surface area contributed by atoms with Crippen LogP contribution in [0.3, 0.4) is 0 Å². The van der Waals surface area contributed by atoms with Crippen molar-refractivity contribution in [3.8, 4) is 0 Å². The van der Waals surface area contributed by atoms with E-state index in [9.17, 15) is 0 Å². The van der Waals surface area contributed by atoms with Crippen LogP contribution < -0.4 is 5.73 Å². The van der Waals surface area contributed by atoms with E-state index in [1.807, 2.05) is 0 Å². The molecular formula is C17H24N2S. The summed E-state index contributed by atoms with van der Waals surface area (Å²) in [6.07, 6.45) is 1.09. The molecule has 2 atom stereocenters. The number of likely N-dealkylation sites (N-methyl/N-ethyl adjacent to an activating group) is 1. The maximum absolute atomic E-state index is 6.19. The standard InChI is InChI=1S/C17H24N2S/c1-4-14-7-9-15(10-8-14)12-19(3)17(13(2)18)16-6-5-11-20-16/h5-11,13,17H,4,12,18H2,1-3H3. The zero-order chi connectivity index (χ0) is 14.5. The molecule has 2 unspecified atom stereocenters. The molecule has 0 saturated heterocycles. The number of aryl methyl sites for hydroxylation is 1. The van der Waals surface area contributed by atoms with E-state index in [0.717, 1.165) is 13.0 Å². The molecule has 2 nitrogen and oxygen atoms in total. The van der Waals surface area contributed by atoms with Crippen molar-refractivity contribution in [3.05, 3.63) is 57.8 Å². The molecule has 0 aliphatic rings. The Morgan fingerprint density at radius 3 is 2.30 bits per heavy atom. The number of hydrogen-bond acceptors (Lipinski definition) is 3. The molecule has 0 aliphatic heterocycles. The van der Waals surface area contributed by atoms with Crippen LogP contribution in [0.15, 0.2) is 41.8 Å². The second-order valence-corrected chi connectivity index (χ2v) is 6.38. The lowest BCUT2D eigenvalue weighted by molar-refractivity contribution is 0.214. The predicted octanol–water partition coefficient (Wildman–Crippen LogP) is 3.83.